The lowest BCUT2D eigenvalue weighted by Gasteiger charge is -2.26. The Hall–Kier alpha value is -3.88. The van der Waals surface area contributed by atoms with Crippen molar-refractivity contribution >= 4 is 39.8 Å². The second-order valence-electron chi connectivity index (χ2n) is 9.63. The Morgan fingerprint density at radius 2 is 2.08 bits per heavy atom. The van der Waals surface area contributed by atoms with Gasteiger partial charge in [0, 0.05) is 42.5 Å². The molecule has 2 aromatic heterocycles. The topological polar surface area (TPSA) is 122 Å². The predicted molar refractivity (Wildman–Crippen MR) is 144 cm³/mol. The van der Waals surface area contributed by atoms with Crippen LogP contribution in [0.5, 0.6) is 0 Å². The Morgan fingerprint density at radius 3 is 2.82 bits per heavy atom. The number of nitriles is 1. The number of nitrogens with zero attached hydrogens (tertiary/aromatic N) is 4. The fraction of sp³-hybridized carbons (Fsp3) is 0.407. The number of amides is 2. The molecule has 2 saturated heterocycles. The van der Waals surface area contributed by atoms with Crippen LogP contribution >= 0.6 is 11.3 Å². The quantitative estimate of drug-likeness (QED) is 0.395. The van der Waals surface area contributed by atoms with E-state index in [1.807, 2.05) is 53.4 Å². The van der Waals surface area contributed by atoms with Gasteiger partial charge in [-0.3, -0.25) is 15.4 Å². The molecular weight excluding hydrogens is 504 g/mol. The van der Waals surface area contributed by atoms with Gasteiger partial charge in [0.15, 0.2) is 11.2 Å². The van der Waals surface area contributed by atoms with Crippen molar-refractivity contribution in [2.75, 3.05) is 35.3 Å². The molecular formula is C27H30N6O4S. The van der Waals surface area contributed by atoms with Crippen LogP contribution in [-0.2, 0) is 16.0 Å². The first-order valence-corrected chi connectivity index (χ1v) is 13.6. The first-order valence-electron chi connectivity index (χ1n) is 12.7. The molecule has 2 fully saturated rings. The van der Waals surface area contributed by atoms with E-state index >= 15 is 0 Å². The number of hydrogen-bond donors (Lipinski definition) is 2. The van der Waals surface area contributed by atoms with Gasteiger partial charge in [0.2, 0.25) is 0 Å². The van der Waals surface area contributed by atoms with Gasteiger partial charge in [-0.2, -0.15) is 5.26 Å². The number of carbonyl (C=O) groups excluding carboxylic acids is 2. The summed E-state index contributed by atoms with van der Waals surface area (Å²) in [6, 6.07) is 13.6. The molecule has 3 aromatic rings. The number of thiazole rings is 1. The summed E-state index contributed by atoms with van der Waals surface area (Å²) in [5.74, 6) is -0.0605. The molecule has 2 N–H and O–H groups in total. The third kappa shape index (κ3) is 5.98. The van der Waals surface area contributed by atoms with E-state index in [1.165, 1.54) is 11.3 Å². The monoisotopic (exact) mass is 534 g/mol. The molecule has 11 heteroatoms. The van der Waals surface area contributed by atoms with E-state index in [0.29, 0.717) is 42.7 Å². The summed E-state index contributed by atoms with van der Waals surface area (Å²) in [6.07, 6.45) is 3.65. The first kappa shape index (κ1) is 25.8. The molecule has 2 aliphatic heterocycles. The zero-order valence-electron chi connectivity index (χ0n) is 21.1. The molecule has 2 aliphatic rings. The largest absolute Gasteiger partial charge is 0.441 e. The zero-order chi connectivity index (χ0) is 26.5. The van der Waals surface area contributed by atoms with E-state index in [0.717, 1.165) is 30.8 Å². The van der Waals surface area contributed by atoms with Crippen LogP contribution in [0.25, 0.3) is 0 Å². The molecule has 0 radical (unpaired) electrons. The van der Waals surface area contributed by atoms with Gasteiger partial charge >= 0.3 is 6.09 Å². The fourth-order valence-corrected chi connectivity index (χ4v) is 5.45. The molecule has 0 bridgehead atoms. The summed E-state index contributed by atoms with van der Waals surface area (Å²) < 4.78 is 12.1. The molecule has 4 heterocycles. The summed E-state index contributed by atoms with van der Waals surface area (Å²) in [5, 5.41) is 17.2. The van der Waals surface area contributed by atoms with Crippen molar-refractivity contribution in [3.8, 4) is 6.07 Å². The van der Waals surface area contributed by atoms with Crippen LogP contribution < -0.4 is 15.5 Å². The van der Waals surface area contributed by atoms with E-state index in [4.69, 9.17) is 19.7 Å². The Balaban J connectivity index is 1.20. The highest BCUT2D eigenvalue weighted by atomic mass is 32.1. The highest BCUT2D eigenvalue weighted by Gasteiger charge is 2.29. The van der Waals surface area contributed by atoms with E-state index in [1.54, 1.807) is 6.07 Å². The first-order chi connectivity index (χ1) is 18.5. The summed E-state index contributed by atoms with van der Waals surface area (Å²) in [5.41, 5.74) is 3.18. The van der Waals surface area contributed by atoms with Crippen LogP contribution in [0.3, 0.4) is 0 Å². The smallest absolute Gasteiger partial charge is 0.412 e. The normalized spacial score (nSPS) is 17.9. The Labute approximate surface area is 225 Å². The second kappa shape index (κ2) is 11.7. The van der Waals surface area contributed by atoms with E-state index in [2.05, 4.69) is 21.6 Å². The van der Waals surface area contributed by atoms with Crippen LogP contribution in [0.2, 0.25) is 0 Å². The lowest BCUT2D eigenvalue weighted by Crippen LogP contribution is -2.38. The van der Waals surface area contributed by atoms with E-state index < -0.39 is 6.09 Å². The number of benzene rings is 1. The Kier molecular flexibility index (Phi) is 7.91. The molecule has 10 nitrogen and oxygen atoms in total. The predicted octanol–water partition coefficient (Wildman–Crippen LogP) is 5.04. The van der Waals surface area contributed by atoms with Gasteiger partial charge in [-0.05, 0) is 55.2 Å². The van der Waals surface area contributed by atoms with Crippen LogP contribution in [0.1, 0.15) is 48.4 Å². The molecule has 5 rings (SSSR count). The zero-order valence-corrected chi connectivity index (χ0v) is 21.9. The third-order valence-corrected chi connectivity index (χ3v) is 7.45. The minimum Gasteiger partial charge on any atom is -0.441 e. The maximum atomic E-state index is 13.0. The molecule has 0 spiro atoms. The van der Waals surface area contributed by atoms with Gasteiger partial charge in [0.25, 0.3) is 5.91 Å². The maximum Gasteiger partial charge on any atom is 0.412 e. The van der Waals surface area contributed by atoms with Gasteiger partial charge in [-0.25, -0.2) is 9.78 Å². The minimum absolute atomic E-state index is 0.106. The van der Waals surface area contributed by atoms with Crippen molar-refractivity contribution in [2.24, 2.45) is 5.92 Å². The molecule has 1 aromatic carbocycles. The second-order valence-corrected chi connectivity index (χ2v) is 10.5. The number of ether oxygens (including phenoxy) is 2. The van der Waals surface area contributed by atoms with Crippen LogP contribution in [0.15, 0.2) is 48.0 Å². The number of aromatic nitrogens is 2. The molecule has 0 saturated carbocycles. The van der Waals surface area contributed by atoms with Crippen LogP contribution in [0.4, 0.5) is 21.3 Å². The lowest BCUT2D eigenvalue weighted by molar-refractivity contribution is -0.0951. The maximum absolute atomic E-state index is 13.0. The highest BCUT2D eigenvalue weighted by molar-refractivity contribution is 7.14. The van der Waals surface area contributed by atoms with E-state index in [9.17, 15) is 9.59 Å². The Bertz CT molecular complexity index is 1310. The van der Waals surface area contributed by atoms with Crippen molar-refractivity contribution in [1.29, 1.82) is 5.26 Å². The van der Waals surface area contributed by atoms with Gasteiger partial charge in [-0.1, -0.05) is 6.92 Å². The summed E-state index contributed by atoms with van der Waals surface area (Å²) in [4.78, 5) is 32.0. The minimum atomic E-state index is -0.480. The SMILES string of the molecule is C[C@@H](CC#N)Cn1cccc1C(=O)Nc1nc([C@H]2CCCN2c2ccc(NC(=O)OC3COC3)cc2)cs1. The number of nitrogens with one attached hydrogen (secondary N) is 2. The highest BCUT2D eigenvalue weighted by Crippen LogP contribution is 2.37. The van der Waals surface area contributed by atoms with E-state index in [-0.39, 0.29) is 24.0 Å². The number of rotatable bonds is 9. The summed E-state index contributed by atoms with van der Waals surface area (Å²) >= 11 is 1.42. The van der Waals surface area contributed by atoms with Crippen LogP contribution in [-0.4, -0.2) is 47.4 Å². The average Bonchev–Trinajstić information content (AvgIpc) is 3.63. The van der Waals surface area contributed by atoms with Gasteiger partial charge < -0.3 is 18.9 Å². The number of hydrogen-bond acceptors (Lipinski definition) is 8. The van der Waals surface area contributed by atoms with Crippen LogP contribution in [0, 0.1) is 17.2 Å². The molecule has 0 aliphatic carbocycles. The molecule has 2 amide bonds. The average molecular weight is 535 g/mol. The van der Waals surface area contributed by atoms with Crippen molar-refractivity contribution in [3.05, 3.63) is 59.4 Å². The Morgan fingerprint density at radius 1 is 1.26 bits per heavy atom. The molecule has 2 atom stereocenters. The van der Waals surface area contributed by atoms with Crippen molar-refractivity contribution in [2.45, 2.75) is 44.9 Å². The third-order valence-electron chi connectivity index (χ3n) is 6.67. The van der Waals surface area contributed by atoms with Gasteiger partial charge in [0.1, 0.15) is 5.69 Å². The molecule has 38 heavy (non-hydrogen) atoms. The van der Waals surface area contributed by atoms with Gasteiger partial charge in [0.05, 0.1) is 31.0 Å². The number of anilines is 3. The lowest BCUT2D eigenvalue weighted by atomic mass is 10.1. The molecule has 0 unspecified atom stereocenters. The number of carbonyl (C=O) groups is 2. The molecule has 198 valence electrons. The standard InChI is InChI=1S/C27H30N6O4S/c1-18(10-11-28)14-32-12-2-5-24(32)25(34)31-26-30-22(17-38-26)23-4-3-13-33(23)20-8-6-19(7-9-20)29-27(35)37-21-15-36-16-21/h2,5-9,12,17-18,21,23H,3-4,10,13-16H2,1H3,(H,29,35)(H,30,31,34)/t18-,23+/m0/s1. The summed E-state index contributed by atoms with van der Waals surface area (Å²) in [7, 11) is 0. The van der Waals surface area contributed by atoms with Crippen molar-refractivity contribution < 1.29 is 19.1 Å². The fourth-order valence-electron chi connectivity index (χ4n) is 4.69. The summed E-state index contributed by atoms with van der Waals surface area (Å²) in [6.45, 7) is 4.39. The van der Waals surface area contributed by atoms with Crippen molar-refractivity contribution in [3.63, 3.8) is 0 Å². The van der Waals surface area contributed by atoms with Gasteiger partial charge in [-0.15, -0.1) is 11.3 Å². The van der Waals surface area contributed by atoms with Crippen molar-refractivity contribution in [1.82, 2.24) is 9.55 Å².